The first-order chi connectivity index (χ1) is 12.4. The fourth-order valence-corrected chi connectivity index (χ4v) is 4.83. The smallest absolute Gasteiger partial charge is 0.263 e. The normalized spacial score (nSPS) is 22.0. The quantitative estimate of drug-likeness (QED) is 0.827. The molecule has 1 aliphatic carbocycles. The van der Waals surface area contributed by atoms with Crippen molar-refractivity contribution in [3.63, 3.8) is 0 Å². The molecule has 1 aliphatic heterocycles. The first-order valence-corrected chi connectivity index (χ1v) is 10.9. The van der Waals surface area contributed by atoms with E-state index in [-0.39, 0.29) is 28.6 Å². The molecule has 1 atom stereocenters. The van der Waals surface area contributed by atoms with Gasteiger partial charge in [-0.3, -0.25) is 14.5 Å². The fourth-order valence-electron chi connectivity index (χ4n) is 3.59. The Balaban J connectivity index is 1.84. The molecule has 0 aromatic heterocycles. The number of fused-ring (bicyclic) bond motifs is 1. The predicted octanol–water partition coefficient (Wildman–Crippen LogP) is 2.59. The molecule has 26 heavy (non-hydrogen) atoms. The van der Waals surface area contributed by atoms with Gasteiger partial charge in [0.1, 0.15) is 11.9 Å². The van der Waals surface area contributed by atoms with Crippen LogP contribution in [-0.4, -0.2) is 32.2 Å². The second kappa shape index (κ2) is 7.78. The van der Waals surface area contributed by atoms with Crippen LogP contribution in [0.5, 0.6) is 0 Å². The van der Waals surface area contributed by atoms with Crippen LogP contribution in [0.2, 0.25) is 0 Å². The molecule has 1 fully saturated rings. The molecule has 7 heteroatoms. The summed E-state index contributed by atoms with van der Waals surface area (Å²) in [5.41, 5.74) is 0.534. The average molecular weight is 378 g/mol. The number of rotatable bonds is 5. The molecule has 2 aliphatic rings. The Bertz CT molecular complexity index is 796. The van der Waals surface area contributed by atoms with Gasteiger partial charge in [-0.2, -0.15) is 0 Å². The number of benzene rings is 1. The van der Waals surface area contributed by atoms with Gasteiger partial charge in [-0.15, -0.1) is 0 Å². The zero-order chi connectivity index (χ0) is 18.7. The van der Waals surface area contributed by atoms with E-state index in [9.17, 15) is 13.2 Å². The predicted molar refractivity (Wildman–Crippen MR) is 102 cm³/mol. The highest BCUT2D eigenvalue weighted by Crippen LogP contribution is 2.24. The summed E-state index contributed by atoms with van der Waals surface area (Å²) in [5, 5.41) is 3.12. The minimum Gasteiger partial charge on any atom is -0.352 e. The molecule has 0 bridgehead atoms. The van der Waals surface area contributed by atoms with Crippen LogP contribution in [0.1, 0.15) is 57.9 Å². The highest BCUT2D eigenvalue weighted by Gasteiger charge is 2.32. The molecule has 1 aromatic rings. The Labute approximate surface area is 155 Å². The van der Waals surface area contributed by atoms with Crippen LogP contribution in [-0.2, 0) is 14.8 Å². The van der Waals surface area contributed by atoms with Gasteiger partial charge >= 0.3 is 0 Å². The third-order valence-electron chi connectivity index (χ3n) is 4.90. The number of sulfonamides is 1. The third-order valence-corrected chi connectivity index (χ3v) is 6.29. The standard InChI is InChI=1S/C19H27N3O3S/c1-13(2)12-16(19(23)20-14-8-4-3-5-9-14)21-18-15-10-6-7-11-17(15)26(24,25)22-18/h6-7,10-11,13-14,16H,3-5,8-9,12H2,1-2H3,(H,20,23)(H,21,22)/t16-/m0/s1. The van der Waals surface area contributed by atoms with Crippen LogP contribution in [0, 0.1) is 5.92 Å². The number of amidine groups is 1. The molecular weight excluding hydrogens is 350 g/mol. The van der Waals surface area contributed by atoms with Crippen LogP contribution in [0.25, 0.3) is 0 Å². The molecule has 2 N–H and O–H groups in total. The van der Waals surface area contributed by atoms with Gasteiger partial charge < -0.3 is 5.32 Å². The van der Waals surface area contributed by atoms with E-state index < -0.39 is 16.1 Å². The molecule has 3 rings (SSSR count). The molecule has 6 nitrogen and oxygen atoms in total. The Hall–Kier alpha value is -1.89. The molecule has 142 valence electrons. The molecule has 1 saturated carbocycles. The number of aliphatic imine (C=N–C) groups is 1. The van der Waals surface area contributed by atoms with Crippen molar-refractivity contribution in [2.45, 2.75) is 69.4 Å². The minimum absolute atomic E-state index is 0.110. The van der Waals surface area contributed by atoms with Gasteiger partial charge in [-0.05, 0) is 37.3 Å². The number of carbonyl (C=O) groups is 1. The molecular formula is C19H27N3O3S. The lowest BCUT2D eigenvalue weighted by atomic mass is 9.95. The third kappa shape index (κ3) is 4.26. The molecule has 1 heterocycles. The van der Waals surface area contributed by atoms with Gasteiger partial charge in [0.25, 0.3) is 10.0 Å². The number of hydrogen-bond acceptors (Lipinski definition) is 4. The van der Waals surface area contributed by atoms with Crippen molar-refractivity contribution in [2.75, 3.05) is 0 Å². The second-order valence-electron chi connectivity index (χ2n) is 7.57. The fraction of sp³-hybridized carbons (Fsp3) is 0.579. The first-order valence-electron chi connectivity index (χ1n) is 9.37. The minimum atomic E-state index is -3.59. The van der Waals surface area contributed by atoms with Crippen LogP contribution in [0.4, 0.5) is 0 Å². The van der Waals surface area contributed by atoms with Crippen molar-refractivity contribution >= 4 is 21.8 Å². The number of carbonyl (C=O) groups excluding carboxylic acids is 1. The van der Waals surface area contributed by atoms with Crippen molar-refractivity contribution < 1.29 is 13.2 Å². The highest BCUT2D eigenvalue weighted by atomic mass is 32.2. The Morgan fingerprint density at radius 3 is 2.62 bits per heavy atom. The maximum Gasteiger partial charge on any atom is 0.263 e. The van der Waals surface area contributed by atoms with Gasteiger partial charge in [0, 0.05) is 11.6 Å². The van der Waals surface area contributed by atoms with E-state index in [0.717, 1.165) is 25.7 Å². The summed E-state index contributed by atoms with van der Waals surface area (Å²) in [7, 11) is -3.59. The Kier molecular flexibility index (Phi) is 5.65. The largest absolute Gasteiger partial charge is 0.352 e. The van der Waals surface area contributed by atoms with E-state index in [4.69, 9.17) is 0 Å². The van der Waals surface area contributed by atoms with Gasteiger partial charge in [-0.1, -0.05) is 45.2 Å². The second-order valence-corrected chi connectivity index (χ2v) is 9.22. The number of nitrogens with zero attached hydrogens (tertiary/aromatic N) is 1. The van der Waals surface area contributed by atoms with Crippen molar-refractivity contribution in [1.82, 2.24) is 10.0 Å². The van der Waals surface area contributed by atoms with Crippen molar-refractivity contribution in [2.24, 2.45) is 10.9 Å². The van der Waals surface area contributed by atoms with Crippen molar-refractivity contribution in [3.05, 3.63) is 29.8 Å². The van der Waals surface area contributed by atoms with Crippen molar-refractivity contribution in [1.29, 1.82) is 0 Å². The van der Waals surface area contributed by atoms with Gasteiger partial charge in [0.15, 0.2) is 0 Å². The number of hydrogen-bond donors (Lipinski definition) is 2. The van der Waals surface area contributed by atoms with E-state index in [1.54, 1.807) is 24.3 Å². The summed E-state index contributed by atoms with van der Waals surface area (Å²) in [6.45, 7) is 4.07. The summed E-state index contributed by atoms with van der Waals surface area (Å²) < 4.78 is 27.0. The van der Waals surface area contributed by atoms with E-state index in [1.807, 2.05) is 13.8 Å². The Morgan fingerprint density at radius 1 is 1.23 bits per heavy atom. The highest BCUT2D eigenvalue weighted by molar-refractivity contribution is 7.90. The van der Waals surface area contributed by atoms with Gasteiger partial charge in [-0.25, -0.2) is 8.42 Å². The maximum atomic E-state index is 12.8. The number of nitrogens with one attached hydrogen (secondary N) is 2. The van der Waals surface area contributed by atoms with Crippen LogP contribution in [0.3, 0.4) is 0 Å². The summed E-state index contributed by atoms with van der Waals surface area (Å²) in [4.78, 5) is 17.6. The van der Waals surface area contributed by atoms with Crippen molar-refractivity contribution in [3.8, 4) is 0 Å². The van der Waals surface area contributed by atoms with Crippen LogP contribution in [0.15, 0.2) is 34.2 Å². The SMILES string of the molecule is CC(C)C[C@H](N=C1NS(=O)(=O)c2ccccc21)C(=O)NC1CCCCC1. The summed E-state index contributed by atoms with van der Waals surface area (Å²) in [6.07, 6.45) is 6.09. The van der Waals surface area contributed by atoms with E-state index >= 15 is 0 Å². The molecule has 1 aromatic carbocycles. The monoisotopic (exact) mass is 377 g/mol. The van der Waals surface area contributed by atoms with Crippen LogP contribution >= 0.6 is 0 Å². The number of amides is 1. The van der Waals surface area contributed by atoms with Gasteiger partial charge in [0.05, 0.1) is 4.90 Å². The van der Waals surface area contributed by atoms with Gasteiger partial charge in [0.2, 0.25) is 5.91 Å². The van der Waals surface area contributed by atoms with E-state index in [2.05, 4.69) is 15.0 Å². The van der Waals surface area contributed by atoms with E-state index in [0.29, 0.717) is 12.0 Å². The molecule has 1 amide bonds. The zero-order valence-electron chi connectivity index (χ0n) is 15.4. The summed E-state index contributed by atoms with van der Waals surface area (Å²) in [5.74, 6) is 0.432. The maximum absolute atomic E-state index is 12.8. The molecule has 0 saturated heterocycles. The van der Waals surface area contributed by atoms with E-state index in [1.165, 1.54) is 6.42 Å². The Morgan fingerprint density at radius 2 is 1.92 bits per heavy atom. The molecule has 0 radical (unpaired) electrons. The topological polar surface area (TPSA) is 87.6 Å². The lowest BCUT2D eigenvalue weighted by molar-refractivity contribution is -0.123. The summed E-state index contributed by atoms with van der Waals surface area (Å²) in [6, 6.07) is 6.34. The average Bonchev–Trinajstić information content (AvgIpc) is 2.86. The molecule has 0 unspecified atom stereocenters. The zero-order valence-corrected chi connectivity index (χ0v) is 16.2. The lowest BCUT2D eigenvalue weighted by Gasteiger charge is -2.25. The first kappa shape index (κ1) is 18.9. The lowest BCUT2D eigenvalue weighted by Crippen LogP contribution is -2.42. The molecule has 0 spiro atoms. The summed E-state index contributed by atoms with van der Waals surface area (Å²) >= 11 is 0. The van der Waals surface area contributed by atoms with Crippen LogP contribution < -0.4 is 10.0 Å².